The quantitative estimate of drug-likeness (QED) is 0.655. The Hall–Kier alpha value is -0.950. The Balaban J connectivity index is 0.00000242. The lowest BCUT2D eigenvalue weighted by atomic mass is 9.80. The summed E-state index contributed by atoms with van der Waals surface area (Å²) in [6, 6.07) is 3.55. The van der Waals surface area contributed by atoms with Crippen LogP contribution in [0.2, 0.25) is 0 Å². The minimum Gasteiger partial charge on any atom is -0.314 e. The van der Waals surface area contributed by atoms with Crippen LogP contribution in [0.3, 0.4) is 0 Å². The van der Waals surface area contributed by atoms with E-state index in [0.29, 0.717) is 5.56 Å². The highest BCUT2D eigenvalue weighted by atomic mass is 35.5. The summed E-state index contributed by atoms with van der Waals surface area (Å²) in [5, 5.41) is 14.6. The number of hydrogen-bond acceptors (Lipinski definition) is 4. The van der Waals surface area contributed by atoms with Gasteiger partial charge in [-0.05, 0) is 17.5 Å². The van der Waals surface area contributed by atoms with Crippen LogP contribution in [0.4, 0.5) is 10.1 Å². The van der Waals surface area contributed by atoms with E-state index in [0.717, 1.165) is 32.2 Å². The molecule has 1 aliphatic heterocycles. The molecule has 0 saturated carbocycles. The van der Waals surface area contributed by atoms with E-state index in [1.54, 1.807) is 0 Å². The van der Waals surface area contributed by atoms with E-state index in [9.17, 15) is 14.5 Å². The van der Waals surface area contributed by atoms with Crippen LogP contribution in [0.1, 0.15) is 32.4 Å². The summed E-state index contributed by atoms with van der Waals surface area (Å²) in [5.41, 5.74) is 0.236. The third kappa shape index (κ3) is 5.28. The molecule has 2 rings (SSSR count). The van der Waals surface area contributed by atoms with Crippen molar-refractivity contribution >= 4 is 30.5 Å². The maximum absolute atomic E-state index is 13.7. The predicted molar refractivity (Wildman–Crippen MR) is 94.2 cm³/mol. The SMILES string of the molecule is CC(C)(C)[C@H](c1cc(F)ccc1[N+](=O)[O-])N1CCNCC1.Cl.Cl. The molecular formula is C15H24Cl2FN3O2. The van der Waals surface area contributed by atoms with Crippen molar-refractivity contribution in [3.8, 4) is 0 Å². The average molecular weight is 368 g/mol. The van der Waals surface area contributed by atoms with Gasteiger partial charge in [-0.3, -0.25) is 15.0 Å². The fourth-order valence-corrected chi connectivity index (χ4v) is 3.06. The number of piperazine rings is 1. The van der Waals surface area contributed by atoms with Gasteiger partial charge < -0.3 is 5.32 Å². The van der Waals surface area contributed by atoms with E-state index in [2.05, 4.69) is 10.2 Å². The van der Waals surface area contributed by atoms with Crippen molar-refractivity contribution in [2.75, 3.05) is 26.2 Å². The van der Waals surface area contributed by atoms with Crippen molar-refractivity contribution in [1.82, 2.24) is 10.2 Å². The van der Waals surface area contributed by atoms with Gasteiger partial charge in [0.2, 0.25) is 0 Å². The first-order valence-electron chi connectivity index (χ1n) is 7.19. The number of benzene rings is 1. The normalized spacial score (nSPS) is 16.9. The van der Waals surface area contributed by atoms with Crippen LogP contribution in [0, 0.1) is 21.3 Å². The van der Waals surface area contributed by atoms with E-state index < -0.39 is 10.7 Å². The molecule has 8 heteroatoms. The van der Waals surface area contributed by atoms with Gasteiger partial charge in [0, 0.05) is 38.3 Å². The largest absolute Gasteiger partial charge is 0.314 e. The van der Waals surface area contributed by atoms with Crippen LogP contribution in [0.5, 0.6) is 0 Å². The third-order valence-electron chi connectivity index (χ3n) is 3.82. The van der Waals surface area contributed by atoms with Crippen molar-refractivity contribution in [2.45, 2.75) is 26.8 Å². The number of rotatable bonds is 3. The molecule has 0 amide bonds. The Bertz CT molecular complexity index is 532. The number of halogens is 3. The summed E-state index contributed by atoms with van der Waals surface area (Å²) in [6.45, 7) is 9.40. The first-order valence-corrected chi connectivity index (χ1v) is 7.19. The first-order chi connectivity index (χ1) is 9.80. The molecule has 0 radical (unpaired) electrons. The highest BCUT2D eigenvalue weighted by Gasteiger charge is 2.36. The molecule has 1 aromatic rings. The van der Waals surface area contributed by atoms with E-state index in [-0.39, 0.29) is 42.0 Å². The standard InChI is InChI=1S/C15H22FN3O2.2ClH/c1-15(2,3)14(18-8-6-17-7-9-18)12-10-11(16)4-5-13(12)19(20)21;;/h4-5,10,14,17H,6-9H2,1-3H3;2*1H/t14-;;/m0../s1. The molecule has 1 aromatic carbocycles. The van der Waals surface area contributed by atoms with Gasteiger partial charge >= 0.3 is 0 Å². The van der Waals surface area contributed by atoms with E-state index in [1.807, 2.05) is 20.8 Å². The van der Waals surface area contributed by atoms with E-state index in [4.69, 9.17) is 0 Å². The fourth-order valence-electron chi connectivity index (χ4n) is 3.06. The van der Waals surface area contributed by atoms with Crippen LogP contribution in [-0.4, -0.2) is 36.0 Å². The molecule has 23 heavy (non-hydrogen) atoms. The summed E-state index contributed by atoms with van der Waals surface area (Å²) in [7, 11) is 0. The van der Waals surface area contributed by atoms with Crippen LogP contribution in [0.15, 0.2) is 18.2 Å². The number of nitrogens with zero attached hydrogens (tertiary/aromatic N) is 2. The topological polar surface area (TPSA) is 58.4 Å². The molecule has 1 saturated heterocycles. The number of nitro groups is 1. The lowest BCUT2D eigenvalue weighted by Gasteiger charge is -2.42. The Kier molecular flexibility index (Phi) is 8.41. The van der Waals surface area contributed by atoms with E-state index >= 15 is 0 Å². The Morgan fingerprint density at radius 3 is 2.30 bits per heavy atom. The van der Waals surface area contributed by atoms with Crippen molar-refractivity contribution in [2.24, 2.45) is 5.41 Å². The zero-order chi connectivity index (χ0) is 15.6. The maximum Gasteiger partial charge on any atom is 0.274 e. The van der Waals surface area contributed by atoms with Crippen LogP contribution in [-0.2, 0) is 0 Å². The molecule has 0 aliphatic carbocycles. The van der Waals surface area contributed by atoms with Crippen molar-refractivity contribution in [3.63, 3.8) is 0 Å². The van der Waals surface area contributed by atoms with Gasteiger partial charge in [-0.1, -0.05) is 20.8 Å². The molecule has 0 unspecified atom stereocenters. The first kappa shape index (κ1) is 22.1. The lowest BCUT2D eigenvalue weighted by Crippen LogP contribution is -2.48. The summed E-state index contributed by atoms with van der Waals surface area (Å²) in [4.78, 5) is 13.1. The second-order valence-electron chi connectivity index (χ2n) is 6.51. The minimum absolute atomic E-state index is 0. The third-order valence-corrected chi connectivity index (χ3v) is 3.82. The zero-order valence-corrected chi connectivity index (χ0v) is 15.2. The summed E-state index contributed by atoms with van der Waals surface area (Å²) >= 11 is 0. The average Bonchev–Trinajstić information content (AvgIpc) is 2.38. The summed E-state index contributed by atoms with van der Waals surface area (Å²) in [5.74, 6) is -0.431. The van der Waals surface area contributed by atoms with Crippen molar-refractivity contribution < 1.29 is 9.31 Å². The fraction of sp³-hybridized carbons (Fsp3) is 0.600. The van der Waals surface area contributed by atoms with Gasteiger partial charge in [-0.2, -0.15) is 0 Å². The highest BCUT2D eigenvalue weighted by molar-refractivity contribution is 5.85. The Morgan fingerprint density at radius 1 is 1.26 bits per heavy atom. The lowest BCUT2D eigenvalue weighted by molar-refractivity contribution is -0.386. The predicted octanol–water partition coefficient (Wildman–Crippen LogP) is 3.57. The van der Waals surface area contributed by atoms with Crippen LogP contribution in [0.25, 0.3) is 0 Å². The van der Waals surface area contributed by atoms with Crippen molar-refractivity contribution in [1.29, 1.82) is 0 Å². The van der Waals surface area contributed by atoms with Crippen molar-refractivity contribution in [3.05, 3.63) is 39.7 Å². The summed E-state index contributed by atoms with van der Waals surface area (Å²) < 4.78 is 13.7. The molecule has 1 N–H and O–H groups in total. The Morgan fingerprint density at radius 2 is 1.83 bits per heavy atom. The van der Waals surface area contributed by atoms with Gasteiger partial charge in [0.15, 0.2) is 0 Å². The number of nitrogens with one attached hydrogen (secondary N) is 1. The monoisotopic (exact) mass is 367 g/mol. The molecule has 0 spiro atoms. The zero-order valence-electron chi connectivity index (χ0n) is 13.5. The highest BCUT2D eigenvalue weighted by Crippen LogP contribution is 2.42. The molecule has 5 nitrogen and oxygen atoms in total. The minimum atomic E-state index is -0.431. The van der Waals surface area contributed by atoms with Gasteiger partial charge in [-0.25, -0.2) is 4.39 Å². The van der Waals surface area contributed by atoms with Gasteiger partial charge in [0.05, 0.1) is 10.5 Å². The maximum atomic E-state index is 13.7. The molecule has 1 fully saturated rings. The molecule has 132 valence electrons. The molecule has 1 aliphatic rings. The van der Waals surface area contributed by atoms with Gasteiger partial charge in [-0.15, -0.1) is 24.8 Å². The molecule has 1 heterocycles. The number of hydrogen-bond donors (Lipinski definition) is 1. The number of nitro benzene ring substituents is 1. The van der Waals surface area contributed by atoms with Crippen LogP contribution < -0.4 is 5.32 Å². The molecular weight excluding hydrogens is 344 g/mol. The molecule has 1 atom stereocenters. The summed E-state index contributed by atoms with van der Waals surface area (Å²) in [6.07, 6.45) is 0. The second kappa shape index (κ2) is 8.78. The van der Waals surface area contributed by atoms with Gasteiger partial charge in [0.1, 0.15) is 5.82 Å². The van der Waals surface area contributed by atoms with Gasteiger partial charge in [0.25, 0.3) is 5.69 Å². The Labute approximate surface area is 148 Å². The second-order valence-corrected chi connectivity index (χ2v) is 6.51. The van der Waals surface area contributed by atoms with E-state index in [1.165, 1.54) is 12.1 Å². The smallest absolute Gasteiger partial charge is 0.274 e. The van der Waals surface area contributed by atoms with Crippen LogP contribution >= 0.6 is 24.8 Å². The molecule has 0 bridgehead atoms. The molecule has 0 aromatic heterocycles.